The summed E-state index contributed by atoms with van der Waals surface area (Å²) < 4.78 is 37.6. The van der Waals surface area contributed by atoms with Crippen LogP contribution in [0.3, 0.4) is 0 Å². The van der Waals surface area contributed by atoms with Crippen LogP contribution in [0.4, 0.5) is 13.2 Å². The molecular formula is C18H20F3N2O+. The molecule has 3 fully saturated rings. The van der Waals surface area contributed by atoms with Crippen molar-refractivity contribution >= 4 is 5.91 Å². The normalized spacial score (nSPS) is 29.1. The van der Waals surface area contributed by atoms with Gasteiger partial charge in [-0.3, -0.25) is 4.79 Å². The summed E-state index contributed by atoms with van der Waals surface area (Å²) in [6.45, 7) is 2.55. The van der Waals surface area contributed by atoms with Gasteiger partial charge in [0.25, 0.3) is 5.91 Å². The van der Waals surface area contributed by atoms with Crippen molar-refractivity contribution in [1.29, 1.82) is 0 Å². The molecule has 24 heavy (non-hydrogen) atoms. The van der Waals surface area contributed by atoms with Gasteiger partial charge in [-0.2, -0.15) is 13.2 Å². The molecular weight excluding hydrogens is 317 g/mol. The summed E-state index contributed by atoms with van der Waals surface area (Å²) in [5.74, 6) is 3.39. The maximum atomic E-state index is 12.5. The molecule has 128 valence electrons. The van der Waals surface area contributed by atoms with Gasteiger partial charge >= 0.3 is 6.18 Å². The molecule has 6 heteroatoms. The molecule has 3 aliphatic rings. The highest BCUT2D eigenvalue weighted by molar-refractivity contribution is 5.94. The van der Waals surface area contributed by atoms with Crippen molar-refractivity contribution in [3.63, 3.8) is 0 Å². The van der Waals surface area contributed by atoms with Gasteiger partial charge in [0.15, 0.2) is 0 Å². The lowest BCUT2D eigenvalue weighted by Gasteiger charge is -2.45. The highest BCUT2D eigenvalue weighted by atomic mass is 19.4. The van der Waals surface area contributed by atoms with Crippen molar-refractivity contribution in [3.05, 3.63) is 35.4 Å². The molecule has 0 saturated carbocycles. The Labute approximate surface area is 139 Å². The third-order valence-electron chi connectivity index (χ3n) is 5.25. The number of quaternary nitrogens is 1. The first-order valence-electron chi connectivity index (χ1n) is 8.14. The van der Waals surface area contributed by atoms with Crippen molar-refractivity contribution in [2.45, 2.75) is 25.1 Å². The molecule has 1 unspecified atom stereocenters. The number of nitrogens with one attached hydrogen (secondary N) is 2. The number of carbonyl (C=O) groups is 1. The predicted octanol–water partition coefficient (Wildman–Crippen LogP) is 1.36. The summed E-state index contributed by atoms with van der Waals surface area (Å²) in [7, 11) is 0. The number of hydrogen-bond donors (Lipinski definition) is 2. The molecule has 1 aromatic rings. The number of benzene rings is 1. The number of alkyl halides is 3. The van der Waals surface area contributed by atoms with E-state index >= 15 is 0 Å². The third-order valence-corrected chi connectivity index (χ3v) is 5.25. The Morgan fingerprint density at radius 1 is 1.33 bits per heavy atom. The first kappa shape index (κ1) is 16.8. The van der Waals surface area contributed by atoms with Crippen molar-refractivity contribution in [2.75, 3.05) is 19.6 Å². The van der Waals surface area contributed by atoms with Crippen LogP contribution < -0.4 is 10.2 Å². The van der Waals surface area contributed by atoms with E-state index in [0.717, 1.165) is 38.1 Å². The van der Waals surface area contributed by atoms with Gasteiger partial charge in [0, 0.05) is 18.4 Å². The van der Waals surface area contributed by atoms with Crippen LogP contribution in [0.1, 0.15) is 28.8 Å². The van der Waals surface area contributed by atoms with Crippen LogP contribution in [0.25, 0.3) is 0 Å². The number of piperidine rings is 3. The maximum Gasteiger partial charge on any atom is 0.416 e. The van der Waals surface area contributed by atoms with E-state index < -0.39 is 11.7 Å². The lowest BCUT2D eigenvalue weighted by atomic mass is 9.76. The van der Waals surface area contributed by atoms with Crippen LogP contribution in [0.15, 0.2) is 24.3 Å². The predicted molar refractivity (Wildman–Crippen MR) is 83.3 cm³/mol. The van der Waals surface area contributed by atoms with Crippen LogP contribution in [0.5, 0.6) is 0 Å². The van der Waals surface area contributed by atoms with E-state index in [1.165, 1.54) is 17.0 Å². The van der Waals surface area contributed by atoms with Gasteiger partial charge in [0.2, 0.25) is 0 Å². The van der Waals surface area contributed by atoms with E-state index in [1.807, 2.05) is 0 Å². The molecule has 1 amide bonds. The number of hydrogen-bond acceptors (Lipinski definition) is 1. The SMILES string of the molecule is C#C[C@H]1C[NH+]2CC[C@H]1C[C@@H]2CNC(=O)c1ccc(C(F)(F)F)cc1. The fourth-order valence-corrected chi connectivity index (χ4v) is 3.86. The lowest BCUT2D eigenvalue weighted by Crippen LogP contribution is -3.20. The minimum absolute atomic E-state index is 0.246. The van der Waals surface area contributed by atoms with Gasteiger partial charge in [-0.25, -0.2) is 0 Å². The summed E-state index contributed by atoms with van der Waals surface area (Å²) in [5.41, 5.74) is -0.505. The third kappa shape index (κ3) is 3.41. The second-order valence-electron chi connectivity index (χ2n) is 6.65. The lowest BCUT2D eigenvalue weighted by molar-refractivity contribution is -0.943. The summed E-state index contributed by atoms with van der Waals surface area (Å²) in [6, 6.07) is 4.64. The van der Waals surface area contributed by atoms with E-state index in [4.69, 9.17) is 6.42 Å². The number of terminal acetylenes is 1. The molecule has 0 spiro atoms. The van der Waals surface area contributed by atoms with Crippen molar-refractivity contribution in [2.24, 2.45) is 11.8 Å². The fourth-order valence-electron chi connectivity index (χ4n) is 3.86. The molecule has 3 heterocycles. The number of fused-ring (bicyclic) bond motifs is 3. The van der Waals surface area contributed by atoms with E-state index in [2.05, 4.69) is 11.2 Å². The molecule has 2 bridgehead atoms. The molecule has 0 aromatic heterocycles. The highest BCUT2D eigenvalue weighted by Gasteiger charge is 2.42. The summed E-state index contributed by atoms with van der Waals surface area (Å²) >= 11 is 0. The first-order valence-corrected chi connectivity index (χ1v) is 8.14. The van der Waals surface area contributed by atoms with E-state index in [0.29, 0.717) is 24.4 Å². The second-order valence-corrected chi connectivity index (χ2v) is 6.65. The molecule has 1 aromatic carbocycles. The first-order chi connectivity index (χ1) is 11.4. The molecule has 2 N–H and O–H groups in total. The fraction of sp³-hybridized carbons (Fsp3) is 0.500. The average Bonchev–Trinajstić information content (AvgIpc) is 2.59. The van der Waals surface area contributed by atoms with Crippen LogP contribution >= 0.6 is 0 Å². The number of amides is 1. The van der Waals surface area contributed by atoms with Gasteiger partial charge in [-0.1, -0.05) is 5.92 Å². The largest absolute Gasteiger partial charge is 0.416 e. The zero-order valence-electron chi connectivity index (χ0n) is 13.2. The Balaban J connectivity index is 1.56. The Morgan fingerprint density at radius 3 is 2.58 bits per heavy atom. The molecule has 0 aliphatic carbocycles. The Hall–Kier alpha value is -2.00. The molecule has 3 aliphatic heterocycles. The number of carbonyl (C=O) groups excluding carboxylic acids is 1. The molecule has 4 atom stereocenters. The smallest absolute Gasteiger partial charge is 0.346 e. The van der Waals surface area contributed by atoms with Crippen molar-refractivity contribution in [1.82, 2.24) is 5.32 Å². The van der Waals surface area contributed by atoms with E-state index in [-0.39, 0.29) is 11.5 Å². The van der Waals surface area contributed by atoms with Crippen LogP contribution in [0, 0.1) is 24.2 Å². The van der Waals surface area contributed by atoms with Gasteiger partial charge in [0.05, 0.1) is 31.1 Å². The van der Waals surface area contributed by atoms with E-state index in [1.54, 1.807) is 0 Å². The summed E-state index contributed by atoms with van der Waals surface area (Å²) in [6.07, 6.45) is 3.30. The minimum atomic E-state index is -4.39. The molecule has 0 radical (unpaired) electrons. The van der Waals surface area contributed by atoms with Gasteiger partial charge in [-0.15, -0.1) is 6.42 Å². The highest BCUT2D eigenvalue weighted by Crippen LogP contribution is 2.29. The van der Waals surface area contributed by atoms with Crippen LogP contribution in [-0.4, -0.2) is 31.6 Å². The zero-order valence-corrected chi connectivity index (χ0v) is 13.2. The number of rotatable bonds is 3. The Bertz CT molecular complexity index is 648. The average molecular weight is 337 g/mol. The summed E-state index contributed by atoms with van der Waals surface area (Å²) in [5, 5.41) is 2.85. The second kappa shape index (κ2) is 6.48. The molecule has 3 saturated heterocycles. The molecule has 3 nitrogen and oxygen atoms in total. The Morgan fingerprint density at radius 2 is 2.04 bits per heavy atom. The van der Waals surface area contributed by atoms with E-state index in [9.17, 15) is 18.0 Å². The monoisotopic (exact) mass is 337 g/mol. The molecule has 4 rings (SSSR count). The van der Waals surface area contributed by atoms with Crippen molar-refractivity contribution in [3.8, 4) is 12.3 Å². The zero-order chi connectivity index (χ0) is 17.3. The summed E-state index contributed by atoms with van der Waals surface area (Å²) in [4.78, 5) is 13.6. The maximum absolute atomic E-state index is 12.5. The van der Waals surface area contributed by atoms with Crippen molar-refractivity contribution < 1.29 is 22.9 Å². The Kier molecular flexibility index (Phi) is 4.55. The topological polar surface area (TPSA) is 33.5 Å². The number of halogens is 3. The van der Waals surface area contributed by atoms with Gasteiger partial charge in [-0.05, 0) is 30.2 Å². The quantitative estimate of drug-likeness (QED) is 0.803. The van der Waals surface area contributed by atoms with Gasteiger partial charge in [0.1, 0.15) is 6.04 Å². The van der Waals surface area contributed by atoms with Crippen LogP contribution in [-0.2, 0) is 6.18 Å². The standard InChI is InChI=1S/C18H19F3N2O/c1-2-12-11-23-8-7-14(12)9-16(23)10-22-17(24)13-3-5-15(6-4-13)18(19,20)21/h1,3-6,12,14,16H,7-11H2,(H,22,24)/p+1/t12-,14-,16+/m0/s1. The van der Waals surface area contributed by atoms with Gasteiger partial charge < -0.3 is 10.2 Å². The van der Waals surface area contributed by atoms with Crippen LogP contribution in [0.2, 0.25) is 0 Å². The minimum Gasteiger partial charge on any atom is -0.346 e.